The summed E-state index contributed by atoms with van der Waals surface area (Å²) in [6.07, 6.45) is 3.30. The van der Waals surface area contributed by atoms with Gasteiger partial charge in [-0.2, -0.15) is 0 Å². The number of hydrogen-bond donors (Lipinski definition) is 0. The predicted octanol–water partition coefficient (Wildman–Crippen LogP) is 2.81. The molecular formula is C15H20O3. The van der Waals surface area contributed by atoms with E-state index in [4.69, 9.17) is 9.47 Å². The van der Waals surface area contributed by atoms with Gasteiger partial charge in [-0.05, 0) is 62.8 Å². The lowest BCUT2D eigenvalue weighted by Crippen LogP contribution is -2.39. The molecule has 0 atom stereocenters. The van der Waals surface area contributed by atoms with E-state index in [2.05, 4.69) is 13.0 Å². The van der Waals surface area contributed by atoms with E-state index in [1.807, 2.05) is 6.07 Å². The van der Waals surface area contributed by atoms with Crippen molar-refractivity contribution in [2.24, 2.45) is 0 Å². The van der Waals surface area contributed by atoms with E-state index in [0.29, 0.717) is 0 Å². The second-order valence-electron chi connectivity index (χ2n) is 5.30. The first-order valence-corrected chi connectivity index (χ1v) is 6.34. The summed E-state index contributed by atoms with van der Waals surface area (Å²) in [6, 6.07) is 4.02. The highest BCUT2D eigenvalue weighted by atomic mass is 16.6. The third-order valence-corrected chi connectivity index (χ3v) is 3.52. The van der Waals surface area contributed by atoms with Crippen molar-refractivity contribution in [2.75, 3.05) is 7.11 Å². The zero-order valence-electron chi connectivity index (χ0n) is 11.5. The summed E-state index contributed by atoms with van der Waals surface area (Å²) in [5.74, 6) is 0.471. The van der Waals surface area contributed by atoms with Crippen LogP contribution >= 0.6 is 0 Å². The Labute approximate surface area is 108 Å². The summed E-state index contributed by atoms with van der Waals surface area (Å²) in [6.45, 7) is 5.60. The van der Waals surface area contributed by atoms with Crippen molar-refractivity contribution in [3.8, 4) is 5.75 Å². The van der Waals surface area contributed by atoms with Crippen molar-refractivity contribution in [3.05, 3.63) is 28.8 Å². The third-order valence-electron chi connectivity index (χ3n) is 3.52. The van der Waals surface area contributed by atoms with E-state index >= 15 is 0 Å². The number of carbonyl (C=O) groups is 1. The molecular weight excluding hydrogens is 228 g/mol. The van der Waals surface area contributed by atoms with Crippen molar-refractivity contribution in [2.45, 2.75) is 45.6 Å². The maximum Gasteiger partial charge on any atom is 0.349 e. The fraction of sp³-hybridized carbons (Fsp3) is 0.533. The lowest BCUT2D eigenvalue weighted by Gasteiger charge is -2.25. The molecule has 0 amide bonds. The summed E-state index contributed by atoms with van der Waals surface area (Å²) < 4.78 is 10.6. The van der Waals surface area contributed by atoms with Crippen LogP contribution in [0.2, 0.25) is 0 Å². The first-order valence-electron chi connectivity index (χ1n) is 6.34. The Bertz CT molecular complexity index is 475. The highest BCUT2D eigenvalue weighted by Crippen LogP contribution is 2.34. The average Bonchev–Trinajstić information content (AvgIpc) is 2.81. The molecule has 3 heteroatoms. The second-order valence-corrected chi connectivity index (χ2v) is 5.30. The molecule has 0 fully saturated rings. The highest BCUT2D eigenvalue weighted by molar-refractivity contribution is 5.79. The van der Waals surface area contributed by atoms with Crippen molar-refractivity contribution in [1.82, 2.24) is 0 Å². The fourth-order valence-electron chi connectivity index (χ4n) is 2.51. The molecule has 0 saturated carbocycles. The monoisotopic (exact) mass is 248 g/mol. The second kappa shape index (κ2) is 4.63. The minimum atomic E-state index is -0.944. The molecule has 0 spiro atoms. The van der Waals surface area contributed by atoms with E-state index in [1.165, 1.54) is 23.8 Å². The topological polar surface area (TPSA) is 35.5 Å². The SMILES string of the molecule is COC(=O)C(C)(C)Oc1ccc(C)c2c1CCC2. The van der Waals surface area contributed by atoms with E-state index in [9.17, 15) is 4.79 Å². The van der Waals surface area contributed by atoms with Crippen LogP contribution in [0, 0.1) is 6.92 Å². The molecule has 2 rings (SSSR count). The molecule has 0 N–H and O–H groups in total. The van der Waals surface area contributed by atoms with Gasteiger partial charge in [0.1, 0.15) is 5.75 Å². The van der Waals surface area contributed by atoms with Crippen LogP contribution < -0.4 is 4.74 Å². The van der Waals surface area contributed by atoms with Gasteiger partial charge in [0.15, 0.2) is 5.60 Å². The summed E-state index contributed by atoms with van der Waals surface area (Å²) in [7, 11) is 1.38. The number of carbonyl (C=O) groups excluding carboxylic acids is 1. The van der Waals surface area contributed by atoms with Crippen molar-refractivity contribution in [3.63, 3.8) is 0 Å². The molecule has 0 radical (unpaired) electrons. The van der Waals surface area contributed by atoms with Crippen molar-refractivity contribution < 1.29 is 14.3 Å². The van der Waals surface area contributed by atoms with Crippen LogP contribution in [0.3, 0.4) is 0 Å². The van der Waals surface area contributed by atoms with Gasteiger partial charge >= 0.3 is 5.97 Å². The fourth-order valence-corrected chi connectivity index (χ4v) is 2.51. The van der Waals surface area contributed by atoms with Crippen LogP contribution in [0.1, 0.15) is 37.0 Å². The van der Waals surface area contributed by atoms with Crippen LogP contribution in [0.4, 0.5) is 0 Å². The first kappa shape index (κ1) is 12.9. The van der Waals surface area contributed by atoms with E-state index < -0.39 is 5.60 Å². The number of aryl methyl sites for hydroxylation is 1. The number of ether oxygens (including phenoxy) is 2. The predicted molar refractivity (Wildman–Crippen MR) is 69.9 cm³/mol. The maximum absolute atomic E-state index is 11.7. The van der Waals surface area contributed by atoms with Gasteiger partial charge in [-0.1, -0.05) is 6.07 Å². The van der Waals surface area contributed by atoms with E-state index in [-0.39, 0.29) is 5.97 Å². The molecule has 0 unspecified atom stereocenters. The number of rotatable bonds is 3. The largest absolute Gasteiger partial charge is 0.476 e. The minimum absolute atomic E-state index is 0.352. The lowest BCUT2D eigenvalue weighted by molar-refractivity contribution is -0.156. The average molecular weight is 248 g/mol. The molecule has 0 aliphatic heterocycles. The first-order chi connectivity index (χ1) is 8.45. The Morgan fingerprint density at radius 1 is 1.22 bits per heavy atom. The molecule has 1 aromatic rings. The summed E-state index contributed by atoms with van der Waals surface area (Å²) in [5.41, 5.74) is 3.01. The van der Waals surface area contributed by atoms with Gasteiger partial charge in [-0.15, -0.1) is 0 Å². The van der Waals surface area contributed by atoms with Gasteiger partial charge in [0, 0.05) is 0 Å². The Morgan fingerprint density at radius 2 is 1.89 bits per heavy atom. The number of benzene rings is 1. The molecule has 0 bridgehead atoms. The molecule has 1 aliphatic carbocycles. The van der Waals surface area contributed by atoms with Crippen LogP contribution in [0.15, 0.2) is 12.1 Å². The molecule has 98 valence electrons. The van der Waals surface area contributed by atoms with E-state index in [1.54, 1.807) is 13.8 Å². The Morgan fingerprint density at radius 3 is 2.56 bits per heavy atom. The van der Waals surface area contributed by atoms with Crippen LogP contribution in [0.5, 0.6) is 5.75 Å². The number of fused-ring (bicyclic) bond motifs is 1. The van der Waals surface area contributed by atoms with Gasteiger partial charge < -0.3 is 9.47 Å². The molecule has 1 aromatic carbocycles. The van der Waals surface area contributed by atoms with Gasteiger partial charge in [0.05, 0.1) is 7.11 Å². The van der Waals surface area contributed by atoms with Crippen molar-refractivity contribution >= 4 is 5.97 Å². The quantitative estimate of drug-likeness (QED) is 0.772. The molecule has 0 aromatic heterocycles. The van der Waals surface area contributed by atoms with Crippen LogP contribution in [0.25, 0.3) is 0 Å². The van der Waals surface area contributed by atoms with Gasteiger partial charge in [-0.25, -0.2) is 4.79 Å². The Kier molecular flexibility index (Phi) is 3.33. The Balaban J connectivity index is 2.31. The molecule has 0 saturated heterocycles. The van der Waals surface area contributed by atoms with Gasteiger partial charge in [0.25, 0.3) is 0 Å². The minimum Gasteiger partial charge on any atom is -0.476 e. The van der Waals surface area contributed by atoms with Gasteiger partial charge in [0.2, 0.25) is 0 Å². The van der Waals surface area contributed by atoms with Gasteiger partial charge in [-0.3, -0.25) is 0 Å². The van der Waals surface area contributed by atoms with Crippen molar-refractivity contribution in [1.29, 1.82) is 0 Å². The molecule has 3 nitrogen and oxygen atoms in total. The molecule has 18 heavy (non-hydrogen) atoms. The molecule has 1 aliphatic rings. The summed E-state index contributed by atoms with van der Waals surface area (Å²) in [4.78, 5) is 11.7. The third kappa shape index (κ3) is 2.22. The van der Waals surface area contributed by atoms with Crippen LogP contribution in [-0.2, 0) is 22.4 Å². The van der Waals surface area contributed by atoms with E-state index in [0.717, 1.165) is 25.0 Å². The standard InChI is InChI=1S/C15H20O3/c1-10-8-9-13(12-7-5-6-11(10)12)18-15(2,3)14(16)17-4/h8-9H,5-7H2,1-4H3. The lowest BCUT2D eigenvalue weighted by atomic mass is 10.0. The summed E-state index contributed by atoms with van der Waals surface area (Å²) >= 11 is 0. The Hall–Kier alpha value is -1.51. The maximum atomic E-state index is 11.7. The highest BCUT2D eigenvalue weighted by Gasteiger charge is 2.32. The number of hydrogen-bond acceptors (Lipinski definition) is 3. The number of methoxy groups -OCH3 is 1. The number of esters is 1. The molecule has 0 heterocycles. The zero-order valence-corrected chi connectivity index (χ0v) is 11.5. The smallest absolute Gasteiger partial charge is 0.349 e. The normalized spacial score (nSPS) is 14.2. The zero-order chi connectivity index (χ0) is 13.3. The van der Waals surface area contributed by atoms with Crippen LogP contribution in [-0.4, -0.2) is 18.7 Å². The summed E-state index contributed by atoms with van der Waals surface area (Å²) in [5, 5.41) is 0.